The number of carbonyl (C=O) groups is 2. The molecule has 1 fully saturated rings. The zero-order valence-corrected chi connectivity index (χ0v) is 25.3. The molecule has 1 N–H and O–H groups in total. The molecule has 222 valence electrons. The first-order chi connectivity index (χ1) is 20.0. The Hall–Kier alpha value is -3.25. The van der Waals surface area contributed by atoms with E-state index >= 15 is 0 Å². The standard InChI is InChI=1S/C28H24Cl3F2N3O5S/c1-39-22-10-3-16(13-23(22)40-2)11-12-36-25(37)15-24(42-27(36)35-18-6-9-20(29)21(30)14-18)26(38)34-17-4-7-19(8-5-17)41-28(31,32)33/h3-10,13-14,24H,11-12,15H2,1-2H3,(H,34,38)/t24-/m1/s1. The van der Waals surface area contributed by atoms with Crippen LogP contribution in [0.25, 0.3) is 0 Å². The first-order valence-electron chi connectivity index (χ1n) is 12.3. The summed E-state index contributed by atoms with van der Waals surface area (Å²) in [5.74, 6) is 0.191. The van der Waals surface area contributed by atoms with Crippen molar-refractivity contribution in [1.29, 1.82) is 0 Å². The summed E-state index contributed by atoms with van der Waals surface area (Å²) < 4.78 is 40.7. The van der Waals surface area contributed by atoms with Gasteiger partial charge in [-0.2, -0.15) is 0 Å². The smallest absolute Gasteiger partial charge is 0.487 e. The molecule has 1 heterocycles. The quantitative estimate of drug-likeness (QED) is 0.229. The van der Waals surface area contributed by atoms with Gasteiger partial charge in [-0.05, 0) is 66.6 Å². The molecule has 14 heteroatoms. The summed E-state index contributed by atoms with van der Waals surface area (Å²) in [5.41, 5.74) is -2.20. The highest BCUT2D eigenvalue weighted by atomic mass is 35.5. The van der Waals surface area contributed by atoms with Crippen LogP contribution in [0, 0.1) is 0 Å². The fourth-order valence-corrected chi connectivity index (χ4v) is 5.47. The molecule has 0 aromatic heterocycles. The zero-order chi connectivity index (χ0) is 30.4. The van der Waals surface area contributed by atoms with Gasteiger partial charge in [-0.25, -0.2) is 4.99 Å². The Bertz CT molecular complexity index is 1490. The summed E-state index contributed by atoms with van der Waals surface area (Å²) in [7, 11) is 3.09. The van der Waals surface area contributed by atoms with Gasteiger partial charge in [-0.1, -0.05) is 41.0 Å². The van der Waals surface area contributed by atoms with E-state index in [4.69, 9.17) is 44.3 Å². The third-order valence-electron chi connectivity index (χ3n) is 5.99. The summed E-state index contributed by atoms with van der Waals surface area (Å²) in [6.07, 6.45) is 0.377. The van der Waals surface area contributed by atoms with Crippen molar-refractivity contribution in [3.05, 3.63) is 76.3 Å². The maximum atomic E-state index is 13.4. The summed E-state index contributed by atoms with van der Waals surface area (Å²) >= 11 is 18.1. The Kier molecular flexibility index (Phi) is 10.4. The maximum Gasteiger partial charge on any atom is 0.487 e. The van der Waals surface area contributed by atoms with Crippen LogP contribution in [0.3, 0.4) is 0 Å². The van der Waals surface area contributed by atoms with Crippen LogP contribution in [0.4, 0.5) is 20.2 Å². The molecule has 1 atom stereocenters. The maximum absolute atomic E-state index is 13.4. The van der Waals surface area contributed by atoms with Crippen LogP contribution in [-0.4, -0.2) is 53.5 Å². The van der Waals surface area contributed by atoms with Gasteiger partial charge in [0.1, 0.15) is 11.0 Å². The van der Waals surface area contributed by atoms with Crippen molar-refractivity contribution >= 4 is 74.9 Å². The van der Waals surface area contributed by atoms with E-state index in [-0.39, 0.29) is 29.6 Å². The van der Waals surface area contributed by atoms with Gasteiger partial charge in [0, 0.05) is 30.3 Å². The second-order valence-electron chi connectivity index (χ2n) is 8.85. The molecule has 0 radical (unpaired) electrons. The van der Waals surface area contributed by atoms with E-state index in [9.17, 15) is 18.4 Å². The summed E-state index contributed by atoms with van der Waals surface area (Å²) in [5, 5.41) is 2.81. The molecule has 8 nitrogen and oxygen atoms in total. The zero-order valence-electron chi connectivity index (χ0n) is 22.2. The molecule has 2 amide bonds. The lowest BCUT2D eigenvalue weighted by molar-refractivity contribution is -0.129. The molecule has 0 spiro atoms. The number of amides is 2. The average molecular weight is 659 g/mol. The van der Waals surface area contributed by atoms with Crippen LogP contribution in [0.5, 0.6) is 17.2 Å². The molecule has 1 aliphatic rings. The third kappa shape index (κ3) is 8.41. The number of hydrogen-bond acceptors (Lipinski definition) is 7. The van der Waals surface area contributed by atoms with Gasteiger partial charge in [0.25, 0.3) is 0 Å². The normalized spacial score (nSPS) is 16.4. The van der Waals surface area contributed by atoms with Crippen LogP contribution < -0.4 is 19.5 Å². The van der Waals surface area contributed by atoms with E-state index in [1.165, 1.54) is 29.2 Å². The number of nitrogens with zero attached hydrogens (tertiary/aromatic N) is 2. The lowest BCUT2D eigenvalue weighted by atomic mass is 10.1. The Morgan fingerprint density at radius 1 is 1.05 bits per heavy atom. The second kappa shape index (κ2) is 13.8. The number of hydrogen-bond donors (Lipinski definition) is 1. The topological polar surface area (TPSA) is 89.5 Å². The number of alkyl halides is 3. The van der Waals surface area contributed by atoms with E-state index in [0.717, 1.165) is 17.3 Å². The van der Waals surface area contributed by atoms with Gasteiger partial charge in [0.15, 0.2) is 16.7 Å². The molecule has 1 aliphatic heterocycles. The van der Waals surface area contributed by atoms with Crippen LogP contribution in [0.15, 0.2) is 65.7 Å². The van der Waals surface area contributed by atoms with Crippen molar-refractivity contribution in [3.8, 4) is 17.2 Å². The molecule has 3 aromatic rings. The molecule has 0 aliphatic carbocycles. The number of halogens is 5. The van der Waals surface area contributed by atoms with Gasteiger partial charge in [0.05, 0.1) is 30.0 Å². The van der Waals surface area contributed by atoms with E-state index in [0.29, 0.717) is 39.5 Å². The number of methoxy groups -OCH3 is 2. The molecular formula is C28H24Cl3F2N3O5S. The number of benzene rings is 3. The van der Waals surface area contributed by atoms with Gasteiger partial charge in [-0.15, -0.1) is 8.78 Å². The largest absolute Gasteiger partial charge is 0.493 e. The fourth-order valence-electron chi connectivity index (χ4n) is 3.97. The van der Waals surface area contributed by atoms with Gasteiger partial charge in [-0.3, -0.25) is 14.5 Å². The van der Waals surface area contributed by atoms with Crippen LogP contribution in [0.1, 0.15) is 12.0 Å². The monoisotopic (exact) mass is 657 g/mol. The SMILES string of the molecule is COc1ccc(CCN2C(=O)C[C@H](C(=O)Nc3ccc(OC(F)(F)Cl)cc3)SC2=Nc2ccc(Cl)c(Cl)c2)cc1OC. The number of carbonyl (C=O) groups excluding carboxylic acids is 2. The number of aliphatic imine (C=N–C) groups is 1. The van der Waals surface area contributed by atoms with Gasteiger partial charge >= 0.3 is 5.57 Å². The number of amidine groups is 1. The van der Waals surface area contributed by atoms with Crippen molar-refractivity contribution in [2.45, 2.75) is 23.7 Å². The lowest BCUT2D eigenvalue weighted by Gasteiger charge is -2.32. The predicted octanol–water partition coefficient (Wildman–Crippen LogP) is 7.38. The minimum absolute atomic E-state index is 0.0947. The van der Waals surface area contributed by atoms with E-state index in [2.05, 4.69) is 15.0 Å². The summed E-state index contributed by atoms with van der Waals surface area (Å²) in [6, 6.07) is 15.5. The van der Waals surface area contributed by atoms with Gasteiger partial charge < -0.3 is 19.5 Å². The number of thioether (sulfide) groups is 1. The number of nitrogens with one attached hydrogen (secondary N) is 1. The molecule has 0 bridgehead atoms. The number of rotatable bonds is 10. The van der Waals surface area contributed by atoms with Crippen LogP contribution >= 0.6 is 46.6 Å². The molecule has 3 aromatic carbocycles. The Morgan fingerprint density at radius 3 is 2.40 bits per heavy atom. The number of anilines is 1. The van der Waals surface area contributed by atoms with Crippen molar-refractivity contribution < 1.29 is 32.6 Å². The highest BCUT2D eigenvalue weighted by Crippen LogP contribution is 2.34. The summed E-state index contributed by atoms with van der Waals surface area (Å²) in [4.78, 5) is 32.7. The average Bonchev–Trinajstić information content (AvgIpc) is 2.94. The third-order valence-corrected chi connectivity index (χ3v) is 7.99. The molecule has 0 saturated carbocycles. The highest BCUT2D eigenvalue weighted by molar-refractivity contribution is 8.15. The highest BCUT2D eigenvalue weighted by Gasteiger charge is 2.36. The molecular weight excluding hydrogens is 635 g/mol. The minimum Gasteiger partial charge on any atom is -0.493 e. The summed E-state index contributed by atoms with van der Waals surface area (Å²) in [6.45, 7) is 0.280. The molecule has 4 rings (SSSR count). The Labute approximate surface area is 259 Å². The van der Waals surface area contributed by atoms with Crippen molar-refractivity contribution in [3.63, 3.8) is 0 Å². The van der Waals surface area contributed by atoms with Crippen molar-refractivity contribution in [2.24, 2.45) is 4.99 Å². The minimum atomic E-state index is -3.86. The second-order valence-corrected chi connectivity index (χ2v) is 11.3. The fraction of sp³-hybridized carbons (Fsp3) is 0.250. The van der Waals surface area contributed by atoms with E-state index < -0.39 is 16.7 Å². The predicted molar refractivity (Wildman–Crippen MR) is 161 cm³/mol. The van der Waals surface area contributed by atoms with Crippen molar-refractivity contribution in [1.82, 2.24) is 4.90 Å². The Morgan fingerprint density at radius 2 is 1.76 bits per heavy atom. The number of ether oxygens (including phenoxy) is 3. The first kappa shape index (κ1) is 31.7. The first-order valence-corrected chi connectivity index (χ1v) is 14.4. The van der Waals surface area contributed by atoms with Crippen LogP contribution in [0.2, 0.25) is 10.0 Å². The van der Waals surface area contributed by atoms with Crippen molar-refractivity contribution in [2.75, 3.05) is 26.1 Å². The molecule has 0 unspecified atom stereocenters. The lowest BCUT2D eigenvalue weighted by Crippen LogP contribution is -2.46. The van der Waals surface area contributed by atoms with E-state index in [1.54, 1.807) is 38.5 Å². The van der Waals surface area contributed by atoms with E-state index in [1.807, 2.05) is 12.1 Å². The van der Waals surface area contributed by atoms with Crippen LogP contribution in [-0.2, 0) is 16.0 Å². The molecule has 42 heavy (non-hydrogen) atoms. The molecule has 1 saturated heterocycles. The Balaban J connectivity index is 1.53. The van der Waals surface area contributed by atoms with Gasteiger partial charge in [0.2, 0.25) is 11.8 Å².